The van der Waals surface area contributed by atoms with Crippen LogP contribution in [0.1, 0.15) is 56.6 Å². The number of nitrogens with one attached hydrogen (secondary N) is 1. The first kappa shape index (κ1) is 45.1. The van der Waals surface area contributed by atoms with Crippen molar-refractivity contribution >= 4 is 34.6 Å². The third-order valence-electron chi connectivity index (χ3n) is 12.2. The number of halogens is 1. The molecule has 2 fully saturated rings. The largest absolute Gasteiger partial charge is 0.339 e. The second kappa shape index (κ2) is 21.9. The molecular weight excluding hydrogens is 784 g/mol. The van der Waals surface area contributed by atoms with Crippen LogP contribution in [0.2, 0.25) is 0 Å². The molecule has 0 aromatic heterocycles. The summed E-state index contributed by atoms with van der Waals surface area (Å²) in [4.78, 5) is 57.6. The summed E-state index contributed by atoms with van der Waals surface area (Å²) in [5.41, 5.74) is 10.5. The van der Waals surface area contributed by atoms with Crippen molar-refractivity contribution in [3.63, 3.8) is 0 Å². The Morgan fingerprint density at radius 2 is 0.934 bits per heavy atom. The van der Waals surface area contributed by atoms with Crippen LogP contribution in [-0.4, -0.2) is 126 Å². The van der Waals surface area contributed by atoms with Crippen molar-refractivity contribution in [2.24, 2.45) is 0 Å². The molecule has 0 radical (unpaired) electrons. The van der Waals surface area contributed by atoms with Gasteiger partial charge in [0.2, 0.25) is 23.0 Å². The highest BCUT2D eigenvalue weighted by Gasteiger charge is 2.34. The Balaban J connectivity index is 0.000000185. The van der Waals surface area contributed by atoms with Gasteiger partial charge in [0, 0.05) is 65.4 Å². The van der Waals surface area contributed by atoms with Crippen molar-refractivity contribution in [2.75, 3.05) is 78.5 Å². The van der Waals surface area contributed by atoms with Crippen LogP contribution in [-0.2, 0) is 32.0 Å². The topological polar surface area (TPSA) is 96.5 Å². The minimum Gasteiger partial charge on any atom is -0.339 e. The number of rotatable bonds is 8. The second-order valence-electron chi connectivity index (χ2n) is 15.9. The van der Waals surface area contributed by atoms with E-state index in [2.05, 4.69) is 139 Å². The van der Waals surface area contributed by atoms with E-state index in [0.29, 0.717) is 39.3 Å². The lowest BCUT2D eigenvalue weighted by atomic mass is 9.86. The number of benzene rings is 4. The van der Waals surface area contributed by atoms with E-state index >= 15 is 0 Å². The fourth-order valence-electron chi connectivity index (χ4n) is 8.86. The van der Waals surface area contributed by atoms with Gasteiger partial charge in [-0.15, -0.1) is 0 Å². The first-order chi connectivity index (χ1) is 29.6. The van der Waals surface area contributed by atoms with E-state index in [-0.39, 0.29) is 29.8 Å². The number of nitrogens with zero attached hydrogens (tertiary/aromatic N) is 5. The molecule has 320 valence electrons. The molecule has 61 heavy (non-hydrogen) atoms. The Labute approximate surface area is 366 Å². The molecule has 10 nitrogen and oxygen atoms in total. The predicted octanol–water partition coefficient (Wildman–Crippen LogP) is 6.11. The normalized spacial score (nSPS) is 18.8. The highest BCUT2D eigenvalue weighted by Crippen LogP contribution is 2.38. The number of carbonyl (C=O) groups is 4. The summed E-state index contributed by atoms with van der Waals surface area (Å²) in [7, 11) is 0. The zero-order chi connectivity index (χ0) is 43.3. The van der Waals surface area contributed by atoms with E-state index < -0.39 is 5.24 Å². The Hall–Kier alpha value is -5.39. The number of aryl methyl sites for hydroxylation is 2. The van der Waals surface area contributed by atoms with Crippen LogP contribution >= 0.6 is 11.6 Å². The van der Waals surface area contributed by atoms with Gasteiger partial charge >= 0.3 is 0 Å². The van der Waals surface area contributed by atoms with E-state index in [1.54, 1.807) is 4.90 Å². The molecule has 2 saturated heterocycles. The summed E-state index contributed by atoms with van der Waals surface area (Å²) >= 11 is 4.71. The Bertz CT molecular complexity index is 2180. The molecule has 3 amide bonds. The third kappa shape index (κ3) is 11.5. The average molecular weight is 844 g/mol. The monoisotopic (exact) mass is 842 g/mol. The number of hydrogen-bond donors (Lipinski definition) is 1. The second-order valence-corrected chi connectivity index (χ2v) is 16.3. The van der Waals surface area contributed by atoms with Gasteiger partial charge in [-0.3, -0.25) is 29.0 Å². The van der Waals surface area contributed by atoms with E-state index in [1.807, 2.05) is 9.80 Å². The molecule has 11 heteroatoms. The average Bonchev–Trinajstić information content (AvgIpc) is 3.30. The van der Waals surface area contributed by atoms with Gasteiger partial charge in [-0.2, -0.15) is 0 Å². The van der Waals surface area contributed by atoms with Crippen molar-refractivity contribution in [3.8, 4) is 0 Å². The van der Waals surface area contributed by atoms with Gasteiger partial charge < -0.3 is 20.0 Å². The lowest BCUT2D eigenvalue weighted by Crippen LogP contribution is -2.53. The maximum absolute atomic E-state index is 13.1. The third-order valence-corrected chi connectivity index (χ3v) is 12.3. The molecule has 4 aliphatic rings. The van der Waals surface area contributed by atoms with Crippen LogP contribution < -0.4 is 5.32 Å². The van der Waals surface area contributed by atoms with Crippen LogP contribution in [0.15, 0.2) is 122 Å². The maximum atomic E-state index is 13.1. The van der Waals surface area contributed by atoms with Gasteiger partial charge in [0.05, 0.1) is 25.2 Å². The molecule has 0 spiro atoms. The first-order valence-corrected chi connectivity index (χ1v) is 21.7. The number of hydrogen-bond acceptors (Lipinski definition) is 7. The minimum absolute atomic E-state index is 0.0608. The SMILES string of the molecule is C=CC(=O)Cl.C=CC(=O)N1CCN(C(=O)CN2CCc3ccccc3C2c2ccccc2C)CC1.Cc1ccccc1C1c2ccccc2CCN1CC(=O)N1CCNCC1. The van der Waals surface area contributed by atoms with Gasteiger partial charge in [0.15, 0.2) is 0 Å². The number of allylic oxidation sites excluding steroid dienone is 1. The molecule has 0 saturated carbocycles. The molecule has 2 atom stereocenters. The van der Waals surface area contributed by atoms with Crippen LogP contribution in [0.5, 0.6) is 0 Å². The predicted molar refractivity (Wildman–Crippen MR) is 243 cm³/mol. The van der Waals surface area contributed by atoms with Crippen LogP contribution in [0, 0.1) is 13.8 Å². The van der Waals surface area contributed by atoms with E-state index in [4.69, 9.17) is 11.6 Å². The highest BCUT2D eigenvalue weighted by atomic mass is 35.5. The summed E-state index contributed by atoms with van der Waals surface area (Å²) in [6.07, 6.45) is 4.35. The molecule has 4 aromatic carbocycles. The number of piperazine rings is 2. The fraction of sp³-hybridized carbons (Fsp3) is 0.360. The molecule has 4 aromatic rings. The zero-order valence-electron chi connectivity index (χ0n) is 35.6. The summed E-state index contributed by atoms with van der Waals surface area (Å²) in [6, 6.07) is 34.6. The summed E-state index contributed by atoms with van der Waals surface area (Å²) in [5.74, 6) is 0.331. The van der Waals surface area contributed by atoms with Gasteiger partial charge in [-0.25, -0.2) is 0 Å². The Morgan fingerprint density at radius 3 is 1.34 bits per heavy atom. The van der Waals surface area contributed by atoms with Gasteiger partial charge in [-0.1, -0.05) is 110 Å². The molecule has 4 heterocycles. The molecule has 1 N–H and O–H groups in total. The summed E-state index contributed by atoms with van der Waals surface area (Å²) < 4.78 is 0. The zero-order valence-corrected chi connectivity index (χ0v) is 36.4. The molecule has 0 aliphatic carbocycles. The van der Waals surface area contributed by atoms with Crippen molar-refractivity contribution < 1.29 is 19.2 Å². The lowest BCUT2D eigenvalue weighted by Gasteiger charge is -2.40. The lowest BCUT2D eigenvalue weighted by molar-refractivity contribution is -0.138. The Kier molecular flexibility index (Phi) is 16.2. The van der Waals surface area contributed by atoms with Crippen LogP contribution in [0.3, 0.4) is 0 Å². The molecule has 8 rings (SSSR count). The molecule has 2 unspecified atom stereocenters. The van der Waals surface area contributed by atoms with Crippen molar-refractivity contribution in [3.05, 3.63) is 167 Å². The number of amides is 3. The molecular formula is C50H59ClN6O4. The summed E-state index contributed by atoms with van der Waals surface area (Å²) in [6.45, 7) is 19.3. The van der Waals surface area contributed by atoms with Crippen LogP contribution in [0.4, 0.5) is 0 Å². The van der Waals surface area contributed by atoms with Crippen molar-refractivity contribution in [1.82, 2.24) is 29.8 Å². The smallest absolute Gasteiger partial charge is 0.246 e. The quantitative estimate of drug-likeness (QED) is 0.169. The standard InChI is InChI=1S/C25H29N3O2.C22H27N3O.C3H3ClO/c1-3-23(29)26-14-16-27(17-15-26)24(30)18-28-13-12-20-9-5-7-11-22(20)25(28)21-10-6-4-8-19(21)2;1-17-6-2-4-8-19(17)22-20-9-5-3-7-18(20)10-13-25(22)16-21(26)24-14-11-23-12-15-24;1-2-3(4)5/h3-11,25H,1,12-18H2,2H3;2-9,22-23H,10-16H2,1H3;2H,1H2. The van der Waals surface area contributed by atoms with Crippen LogP contribution in [0.25, 0.3) is 0 Å². The van der Waals surface area contributed by atoms with E-state index in [9.17, 15) is 19.2 Å². The number of carbonyl (C=O) groups excluding carboxylic acids is 4. The highest BCUT2D eigenvalue weighted by molar-refractivity contribution is 6.66. The van der Waals surface area contributed by atoms with Gasteiger partial charge in [0.25, 0.3) is 0 Å². The fourth-order valence-corrected chi connectivity index (χ4v) is 8.86. The van der Waals surface area contributed by atoms with Gasteiger partial charge in [0.1, 0.15) is 0 Å². The minimum atomic E-state index is -0.509. The van der Waals surface area contributed by atoms with Gasteiger partial charge in [-0.05, 0) is 94.9 Å². The maximum Gasteiger partial charge on any atom is 0.246 e. The van der Waals surface area contributed by atoms with E-state index in [1.165, 1.54) is 50.6 Å². The number of fused-ring (bicyclic) bond motifs is 2. The first-order valence-electron chi connectivity index (χ1n) is 21.3. The molecule has 0 bridgehead atoms. The Morgan fingerprint density at radius 1 is 0.557 bits per heavy atom. The summed E-state index contributed by atoms with van der Waals surface area (Å²) in [5, 5.41) is 2.81. The van der Waals surface area contributed by atoms with Crippen molar-refractivity contribution in [2.45, 2.75) is 38.8 Å². The van der Waals surface area contributed by atoms with Crippen molar-refractivity contribution in [1.29, 1.82) is 0 Å². The molecule has 4 aliphatic heterocycles. The van der Waals surface area contributed by atoms with E-state index in [0.717, 1.165) is 58.2 Å².